The molecule has 0 saturated carbocycles. The van der Waals surface area contributed by atoms with Gasteiger partial charge < -0.3 is 15.8 Å². The van der Waals surface area contributed by atoms with Crippen molar-refractivity contribution < 1.29 is 18.7 Å². The number of hydrogen-bond acceptors (Lipinski definition) is 4. The fraction of sp³-hybridized carbons (Fsp3) is 0.500. The van der Waals surface area contributed by atoms with Gasteiger partial charge in [0.05, 0.1) is 19.2 Å². The van der Waals surface area contributed by atoms with Crippen LogP contribution in [0.4, 0.5) is 4.39 Å². The Labute approximate surface area is 134 Å². The van der Waals surface area contributed by atoms with E-state index >= 15 is 0 Å². The highest BCUT2D eigenvalue weighted by atomic mass is 19.1. The van der Waals surface area contributed by atoms with Crippen molar-refractivity contribution in [1.82, 2.24) is 10.2 Å². The van der Waals surface area contributed by atoms with Crippen molar-refractivity contribution >= 4 is 11.8 Å². The quantitative estimate of drug-likeness (QED) is 0.758. The fourth-order valence-corrected chi connectivity index (χ4v) is 2.76. The molecule has 0 aromatic heterocycles. The molecule has 1 aliphatic heterocycles. The fourth-order valence-electron chi connectivity index (χ4n) is 2.76. The van der Waals surface area contributed by atoms with Crippen LogP contribution in [0.15, 0.2) is 24.3 Å². The third kappa shape index (κ3) is 5.01. The second kappa shape index (κ2) is 8.03. The van der Waals surface area contributed by atoms with E-state index < -0.39 is 18.1 Å². The molecule has 2 rings (SSSR count). The van der Waals surface area contributed by atoms with Crippen LogP contribution in [0.3, 0.4) is 0 Å². The van der Waals surface area contributed by atoms with Crippen LogP contribution in [0.2, 0.25) is 0 Å². The van der Waals surface area contributed by atoms with Crippen molar-refractivity contribution in [2.75, 3.05) is 20.2 Å². The molecular formula is C16H22FN3O3. The number of ether oxygens (including phenoxy) is 1. The maximum absolute atomic E-state index is 13.4. The van der Waals surface area contributed by atoms with Crippen molar-refractivity contribution in [3.63, 3.8) is 0 Å². The maximum Gasteiger partial charge on any atom is 0.234 e. The standard InChI is InChI=1S/C16H22FN3O3/c1-23-10-12-4-2-3-11(5-12)7-19-15(21)9-20-8-13(17)6-14(20)16(18)22/h2-5,13-14H,6-10H2,1H3,(H2,18,22)(H,19,21)/t13-,14+/m1/s1. The number of carbonyl (C=O) groups excluding carboxylic acids is 2. The molecule has 2 atom stereocenters. The molecular weight excluding hydrogens is 301 g/mol. The van der Waals surface area contributed by atoms with Gasteiger partial charge in [-0.2, -0.15) is 0 Å². The summed E-state index contributed by atoms with van der Waals surface area (Å²) in [4.78, 5) is 24.8. The molecule has 7 heteroatoms. The Morgan fingerprint density at radius 3 is 2.87 bits per heavy atom. The maximum atomic E-state index is 13.4. The minimum Gasteiger partial charge on any atom is -0.380 e. The summed E-state index contributed by atoms with van der Waals surface area (Å²) in [5.41, 5.74) is 7.21. The molecule has 1 aromatic carbocycles. The molecule has 0 spiro atoms. The van der Waals surface area contributed by atoms with E-state index in [-0.39, 0.29) is 25.4 Å². The lowest BCUT2D eigenvalue weighted by atomic mass is 10.1. The number of primary amides is 1. The molecule has 0 aliphatic carbocycles. The largest absolute Gasteiger partial charge is 0.380 e. The number of nitrogens with zero attached hydrogens (tertiary/aromatic N) is 1. The van der Waals surface area contributed by atoms with E-state index in [1.165, 1.54) is 4.90 Å². The minimum atomic E-state index is -1.12. The summed E-state index contributed by atoms with van der Waals surface area (Å²) in [6, 6.07) is 6.98. The van der Waals surface area contributed by atoms with E-state index in [0.717, 1.165) is 11.1 Å². The van der Waals surface area contributed by atoms with Crippen LogP contribution in [0.25, 0.3) is 0 Å². The molecule has 23 heavy (non-hydrogen) atoms. The number of methoxy groups -OCH3 is 1. The lowest BCUT2D eigenvalue weighted by Gasteiger charge is -2.20. The Hall–Kier alpha value is -1.99. The summed E-state index contributed by atoms with van der Waals surface area (Å²) in [6.07, 6.45) is -1.06. The third-order valence-corrected chi connectivity index (χ3v) is 3.82. The molecule has 6 nitrogen and oxygen atoms in total. The monoisotopic (exact) mass is 323 g/mol. The van der Waals surface area contributed by atoms with Crippen molar-refractivity contribution in [1.29, 1.82) is 0 Å². The average molecular weight is 323 g/mol. The highest BCUT2D eigenvalue weighted by Gasteiger charge is 2.36. The van der Waals surface area contributed by atoms with E-state index in [1.807, 2.05) is 24.3 Å². The van der Waals surface area contributed by atoms with Gasteiger partial charge in [-0.1, -0.05) is 24.3 Å². The molecule has 0 unspecified atom stereocenters. The number of nitrogens with one attached hydrogen (secondary N) is 1. The SMILES string of the molecule is COCc1cccc(CNC(=O)CN2C[C@H](F)C[C@H]2C(N)=O)c1. The summed E-state index contributed by atoms with van der Waals surface area (Å²) in [5, 5.41) is 2.77. The van der Waals surface area contributed by atoms with Crippen LogP contribution in [0, 0.1) is 0 Å². The summed E-state index contributed by atoms with van der Waals surface area (Å²) < 4.78 is 18.5. The molecule has 3 N–H and O–H groups in total. The summed E-state index contributed by atoms with van der Waals surface area (Å²) in [6.45, 7) is 0.897. The number of likely N-dealkylation sites (tertiary alicyclic amines) is 1. The first-order chi connectivity index (χ1) is 11.0. The van der Waals surface area contributed by atoms with Crippen LogP contribution in [-0.4, -0.2) is 49.1 Å². The van der Waals surface area contributed by atoms with Crippen molar-refractivity contribution in [2.45, 2.75) is 31.8 Å². The van der Waals surface area contributed by atoms with E-state index in [0.29, 0.717) is 13.2 Å². The second-order valence-electron chi connectivity index (χ2n) is 5.71. The zero-order chi connectivity index (χ0) is 16.8. The number of amides is 2. The predicted octanol–water partition coefficient (Wildman–Crippen LogP) is 0.347. The zero-order valence-corrected chi connectivity index (χ0v) is 13.1. The van der Waals surface area contributed by atoms with Gasteiger partial charge in [-0.05, 0) is 11.1 Å². The van der Waals surface area contributed by atoms with E-state index in [1.54, 1.807) is 7.11 Å². The van der Waals surface area contributed by atoms with Crippen LogP contribution >= 0.6 is 0 Å². The van der Waals surface area contributed by atoms with E-state index in [2.05, 4.69) is 5.32 Å². The smallest absolute Gasteiger partial charge is 0.234 e. The van der Waals surface area contributed by atoms with Gasteiger partial charge in [0.1, 0.15) is 6.17 Å². The first-order valence-electron chi connectivity index (χ1n) is 7.50. The van der Waals surface area contributed by atoms with Crippen molar-refractivity contribution in [2.24, 2.45) is 5.73 Å². The van der Waals surface area contributed by atoms with Gasteiger partial charge in [0.2, 0.25) is 11.8 Å². The number of alkyl halides is 1. The Kier molecular flexibility index (Phi) is 6.06. The molecule has 0 radical (unpaired) electrons. The normalized spacial score (nSPS) is 21.3. The number of carbonyl (C=O) groups is 2. The number of rotatable bonds is 7. The Balaban J connectivity index is 1.85. The van der Waals surface area contributed by atoms with Crippen LogP contribution in [0.5, 0.6) is 0 Å². The second-order valence-corrected chi connectivity index (χ2v) is 5.71. The van der Waals surface area contributed by atoms with Crippen LogP contribution in [-0.2, 0) is 27.5 Å². The van der Waals surface area contributed by atoms with Gasteiger partial charge in [-0.25, -0.2) is 4.39 Å². The lowest BCUT2D eigenvalue weighted by molar-refractivity contribution is -0.125. The lowest BCUT2D eigenvalue weighted by Crippen LogP contribution is -2.45. The molecule has 126 valence electrons. The van der Waals surface area contributed by atoms with Crippen molar-refractivity contribution in [3.8, 4) is 0 Å². The number of benzene rings is 1. The van der Waals surface area contributed by atoms with Crippen LogP contribution in [0.1, 0.15) is 17.5 Å². The molecule has 1 aliphatic rings. The molecule has 0 bridgehead atoms. The summed E-state index contributed by atoms with van der Waals surface area (Å²) in [7, 11) is 1.62. The number of nitrogens with two attached hydrogens (primary N) is 1. The summed E-state index contributed by atoms with van der Waals surface area (Å²) >= 11 is 0. The van der Waals surface area contributed by atoms with Gasteiger partial charge in [0.15, 0.2) is 0 Å². The number of halogens is 1. The summed E-state index contributed by atoms with van der Waals surface area (Å²) in [5.74, 6) is -0.854. The predicted molar refractivity (Wildman–Crippen MR) is 83.1 cm³/mol. The van der Waals surface area contributed by atoms with E-state index in [4.69, 9.17) is 10.5 Å². The Morgan fingerprint density at radius 2 is 2.17 bits per heavy atom. The first-order valence-corrected chi connectivity index (χ1v) is 7.50. The highest BCUT2D eigenvalue weighted by Crippen LogP contribution is 2.19. The van der Waals surface area contributed by atoms with Gasteiger partial charge in [-0.3, -0.25) is 14.5 Å². The topological polar surface area (TPSA) is 84.7 Å². The minimum absolute atomic E-state index is 0.0359. The van der Waals surface area contributed by atoms with Gasteiger partial charge in [0, 0.05) is 26.6 Å². The molecule has 1 fully saturated rings. The Bertz CT molecular complexity index is 567. The zero-order valence-electron chi connectivity index (χ0n) is 13.1. The van der Waals surface area contributed by atoms with Gasteiger partial charge in [-0.15, -0.1) is 0 Å². The van der Waals surface area contributed by atoms with Gasteiger partial charge in [0.25, 0.3) is 0 Å². The molecule has 1 aromatic rings. The third-order valence-electron chi connectivity index (χ3n) is 3.82. The average Bonchev–Trinajstić information content (AvgIpc) is 2.87. The van der Waals surface area contributed by atoms with Gasteiger partial charge >= 0.3 is 0 Å². The Morgan fingerprint density at radius 1 is 1.43 bits per heavy atom. The first kappa shape index (κ1) is 17.4. The van der Waals surface area contributed by atoms with Crippen LogP contribution < -0.4 is 11.1 Å². The van der Waals surface area contributed by atoms with Crippen molar-refractivity contribution in [3.05, 3.63) is 35.4 Å². The molecule has 1 saturated heterocycles. The molecule has 1 heterocycles. The molecule has 2 amide bonds. The van der Waals surface area contributed by atoms with E-state index in [9.17, 15) is 14.0 Å². The highest BCUT2D eigenvalue weighted by molar-refractivity contribution is 5.82. The number of hydrogen-bond donors (Lipinski definition) is 2.